The number of thiocarbonyl (C=S) groups is 1. The third-order valence-corrected chi connectivity index (χ3v) is 4.89. The Morgan fingerprint density at radius 2 is 2.08 bits per heavy atom. The van der Waals surface area contributed by atoms with Crippen LogP contribution >= 0.6 is 23.6 Å². The molecule has 0 atom stereocenters. The maximum Gasteiger partial charge on any atom is 0.273 e. The van der Waals surface area contributed by atoms with E-state index in [1.807, 2.05) is 32.0 Å². The smallest absolute Gasteiger partial charge is 0.273 e. The summed E-state index contributed by atoms with van der Waals surface area (Å²) >= 11 is 6.24. The standard InChI is InChI=1S/C17H16N4O2S2/c1-9-5-4-6-14(10(9)2)21(11(3)22)17-18-12(8-25-17)7-13-15(23)20-16(24)19-13/h4-8H,1-3H3,(H2,19,20,23,24)/b13-7+. The fourth-order valence-corrected chi connectivity index (χ4v) is 3.50. The molecule has 0 bridgehead atoms. The van der Waals surface area contributed by atoms with E-state index in [2.05, 4.69) is 15.6 Å². The number of nitrogens with one attached hydrogen (secondary N) is 2. The van der Waals surface area contributed by atoms with Crippen LogP contribution < -0.4 is 15.5 Å². The number of hydrogen-bond donors (Lipinski definition) is 2. The van der Waals surface area contributed by atoms with Crippen LogP contribution in [0.2, 0.25) is 0 Å². The van der Waals surface area contributed by atoms with Crippen LogP contribution in [0.1, 0.15) is 23.7 Å². The van der Waals surface area contributed by atoms with Gasteiger partial charge in [-0.2, -0.15) is 0 Å². The number of aryl methyl sites for hydroxylation is 1. The number of rotatable bonds is 3. The van der Waals surface area contributed by atoms with E-state index in [1.165, 1.54) is 18.3 Å². The molecular weight excluding hydrogens is 356 g/mol. The van der Waals surface area contributed by atoms with Crippen molar-refractivity contribution < 1.29 is 9.59 Å². The van der Waals surface area contributed by atoms with Crippen molar-refractivity contribution in [2.45, 2.75) is 20.8 Å². The Morgan fingerprint density at radius 1 is 1.32 bits per heavy atom. The highest BCUT2D eigenvalue weighted by atomic mass is 32.1. The van der Waals surface area contributed by atoms with Gasteiger partial charge in [0.25, 0.3) is 5.91 Å². The van der Waals surface area contributed by atoms with Gasteiger partial charge in [0, 0.05) is 12.3 Å². The highest BCUT2D eigenvalue weighted by molar-refractivity contribution is 7.80. The molecule has 8 heteroatoms. The van der Waals surface area contributed by atoms with Crippen molar-refractivity contribution in [2.24, 2.45) is 0 Å². The third-order valence-electron chi connectivity index (χ3n) is 3.85. The summed E-state index contributed by atoms with van der Waals surface area (Å²) in [6, 6.07) is 5.81. The fourth-order valence-electron chi connectivity index (χ4n) is 2.46. The van der Waals surface area contributed by atoms with E-state index in [1.54, 1.807) is 16.4 Å². The van der Waals surface area contributed by atoms with Gasteiger partial charge in [-0.05, 0) is 49.3 Å². The second kappa shape index (κ2) is 6.73. The second-order valence-electron chi connectivity index (χ2n) is 5.59. The molecule has 1 aliphatic rings. The fraction of sp³-hybridized carbons (Fsp3) is 0.176. The summed E-state index contributed by atoms with van der Waals surface area (Å²) in [4.78, 5) is 30.0. The molecule has 0 unspecified atom stereocenters. The molecule has 1 saturated heterocycles. The van der Waals surface area contributed by atoms with Gasteiger partial charge in [0.15, 0.2) is 10.2 Å². The van der Waals surface area contributed by atoms with Gasteiger partial charge < -0.3 is 5.32 Å². The molecule has 1 aromatic carbocycles. The predicted molar refractivity (Wildman–Crippen MR) is 103 cm³/mol. The SMILES string of the molecule is CC(=O)N(c1nc(/C=C2/NC(=S)NC2=O)cs1)c1cccc(C)c1C. The van der Waals surface area contributed by atoms with Crippen molar-refractivity contribution in [1.82, 2.24) is 15.6 Å². The van der Waals surface area contributed by atoms with E-state index >= 15 is 0 Å². The van der Waals surface area contributed by atoms with Gasteiger partial charge >= 0.3 is 0 Å². The first-order valence-electron chi connectivity index (χ1n) is 7.53. The lowest BCUT2D eigenvalue weighted by Crippen LogP contribution is -2.23. The number of aromatic nitrogens is 1. The molecule has 1 aliphatic heterocycles. The van der Waals surface area contributed by atoms with Crippen molar-refractivity contribution in [3.63, 3.8) is 0 Å². The molecule has 2 N–H and O–H groups in total. The van der Waals surface area contributed by atoms with E-state index in [4.69, 9.17) is 12.2 Å². The number of benzene rings is 1. The van der Waals surface area contributed by atoms with Gasteiger partial charge in [-0.25, -0.2) is 4.98 Å². The first kappa shape index (κ1) is 17.2. The summed E-state index contributed by atoms with van der Waals surface area (Å²) in [6.07, 6.45) is 1.61. The molecule has 25 heavy (non-hydrogen) atoms. The van der Waals surface area contributed by atoms with Crippen molar-refractivity contribution >= 4 is 57.4 Å². The summed E-state index contributed by atoms with van der Waals surface area (Å²) < 4.78 is 0. The van der Waals surface area contributed by atoms with Gasteiger partial charge in [0.05, 0.1) is 11.4 Å². The molecule has 0 aliphatic carbocycles. The van der Waals surface area contributed by atoms with Gasteiger partial charge in [0.1, 0.15) is 5.70 Å². The lowest BCUT2D eigenvalue weighted by Gasteiger charge is -2.21. The Hall–Kier alpha value is -2.58. The minimum Gasteiger partial charge on any atom is -0.328 e. The maximum absolute atomic E-state index is 12.2. The highest BCUT2D eigenvalue weighted by Crippen LogP contribution is 2.32. The summed E-state index contributed by atoms with van der Waals surface area (Å²) in [6.45, 7) is 5.48. The van der Waals surface area contributed by atoms with E-state index in [-0.39, 0.29) is 16.9 Å². The quantitative estimate of drug-likeness (QED) is 0.640. The molecule has 2 aromatic rings. The topological polar surface area (TPSA) is 74.3 Å². The largest absolute Gasteiger partial charge is 0.328 e. The van der Waals surface area contributed by atoms with Crippen LogP contribution in [-0.2, 0) is 9.59 Å². The molecule has 6 nitrogen and oxygen atoms in total. The first-order chi connectivity index (χ1) is 11.9. The van der Waals surface area contributed by atoms with E-state index in [0.29, 0.717) is 16.5 Å². The minimum atomic E-state index is -0.294. The Morgan fingerprint density at radius 3 is 2.72 bits per heavy atom. The summed E-state index contributed by atoms with van der Waals surface area (Å²) in [5.41, 5.74) is 3.85. The molecule has 2 amide bonds. The lowest BCUT2D eigenvalue weighted by molar-refractivity contribution is -0.116. The third kappa shape index (κ3) is 3.45. The van der Waals surface area contributed by atoms with Gasteiger partial charge in [0.2, 0.25) is 5.91 Å². The zero-order valence-electron chi connectivity index (χ0n) is 13.9. The zero-order chi connectivity index (χ0) is 18.1. The molecule has 2 heterocycles. The first-order valence-corrected chi connectivity index (χ1v) is 8.82. The highest BCUT2D eigenvalue weighted by Gasteiger charge is 2.22. The molecule has 0 radical (unpaired) electrons. The van der Waals surface area contributed by atoms with E-state index < -0.39 is 0 Å². The monoisotopic (exact) mass is 372 g/mol. The zero-order valence-corrected chi connectivity index (χ0v) is 15.5. The number of nitrogens with zero attached hydrogens (tertiary/aromatic N) is 2. The number of anilines is 2. The molecule has 0 spiro atoms. The Bertz CT molecular complexity index is 917. The number of amides is 2. The Balaban J connectivity index is 1.97. The molecule has 1 fully saturated rings. The van der Waals surface area contributed by atoms with Crippen molar-refractivity contribution in [3.05, 3.63) is 46.1 Å². The van der Waals surface area contributed by atoms with Gasteiger partial charge in [-0.1, -0.05) is 12.1 Å². The molecule has 1 aromatic heterocycles. The summed E-state index contributed by atoms with van der Waals surface area (Å²) in [5.74, 6) is -0.419. The lowest BCUT2D eigenvalue weighted by atomic mass is 10.1. The minimum absolute atomic E-state index is 0.125. The number of thiazole rings is 1. The summed E-state index contributed by atoms with van der Waals surface area (Å²) in [5, 5.41) is 7.89. The molecule has 3 rings (SSSR count). The molecule has 128 valence electrons. The average molecular weight is 372 g/mol. The van der Waals surface area contributed by atoms with Gasteiger partial charge in [-0.15, -0.1) is 11.3 Å². The maximum atomic E-state index is 12.2. The normalized spacial score (nSPS) is 15.2. The van der Waals surface area contributed by atoms with Crippen molar-refractivity contribution in [1.29, 1.82) is 0 Å². The Labute approximate surface area is 154 Å². The van der Waals surface area contributed by atoms with E-state index in [9.17, 15) is 9.59 Å². The van der Waals surface area contributed by atoms with Crippen LogP contribution in [-0.4, -0.2) is 21.9 Å². The molecular formula is C17H16N4O2S2. The van der Waals surface area contributed by atoms with Crippen LogP contribution in [0, 0.1) is 13.8 Å². The predicted octanol–water partition coefficient (Wildman–Crippen LogP) is 2.79. The van der Waals surface area contributed by atoms with Crippen LogP contribution in [0.25, 0.3) is 6.08 Å². The number of hydrogen-bond acceptors (Lipinski definition) is 5. The second-order valence-corrected chi connectivity index (χ2v) is 6.84. The molecule has 0 saturated carbocycles. The Kier molecular flexibility index (Phi) is 4.65. The number of carbonyl (C=O) groups excluding carboxylic acids is 2. The van der Waals surface area contributed by atoms with Crippen LogP contribution in [0.15, 0.2) is 29.3 Å². The summed E-state index contributed by atoms with van der Waals surface area (Å²) in [7, 11) is 0. The van der Waals surface area contributed by atoms with Crippen LogP contribution in [0.4, 0.5) is 10.8 Å². The van der Waals surface area contributed by atoms with Crippen molar-refractivity contribution in [2.75, 3.05) is 4.90 Å². The average Bonchev–Trinajstić information content (AvgIpc) is 3.11. The van der Waals surface area contributed by atoms with Crippen molar-refractivity contribution in [3.8, 4) is 0 Å². The number of carbonyl (C=O) groups is 2. The van der Waals surface area contributed by atoms with Gasteiger partial charge in [-0.3, -0.25) is 19.8 Å². The van der Waals surface area contributed by atoms with E-state index in [0.717, 1.165) is 16.8 Å². The van der Waals surface area contributed by atoms with Crippen LogP contribution in [0.3, 0.4) is 0 Å². The van der Waals surface area contributed by atoms with Crippen LogP contribution in [0.5, 0.6) is 0 Å².